The predicted octanol–water partition coefficient (Wildman–Crippen LogP) is 2.86. The molecule has 7 nitrogen and oxygen atoms in total. The van der Waals surface area contributed by atoms with Crippen molar-refractivity contribution < 1.29 is 24.2 Å². The number of anilines is 1. The maximum atomic E-state index is 12.1. The van der Waals surface area contributed by atoms with Gasteiger partial charge in [0.05, 0.1) is 18.8 Å². The zero-order valence-electron chi connectivity index (χ0n) is 14.7. The van der Waals surface area contributed by atoms with Crippen molar-refractivity contribution in [3.05, 3.63) is 29.8 Å². The van der Waals surface area contributed by atoms with Crippen molar-refractivity contribution in [2.24, 2.45) is 5.92 Å². The first-order valence-corrected chi connectivity index (χ1v) is 9.67. The molecule has 1 saturated carbocycles. The number of urea groups is 1. The van der Waals surface area contributed by atoms with Crippen LogP contribution < -0.4 is 10.6 Å². The number of aliphatic carboxylic acids is 1. The fraction of sp³-hybridized carbons (Fsp3) is 0.500. The van der Waals surface area contributed by atoms with Crippen LogP contribution in [0.25, 0.3) is 0 Å². The van der Waals surface area contributed by atoms with E-state index in [2.05, 4.69) is 15.4 Å². The van der Waals surface area contributed by atoms with Gasteiger partial charge in [-0.05, 0) is 43.4 Å². The molecule has 26 heavy (non-hydrogen) atoms. The number of thioether (sulfide) groups is 1. The van der Waals surface area contributed by atoms with Gasteiger partial charge in [-0.1, -0.05) is 12.1 Å². The van der Waals surface area contributed by atoms with E-state index in [1.54, 1.807) is 6.07 Å². The van der Waals surface area contributed by atoms with Crippen molar-refractivity contribution in [2.45, 2.75) is 37.5 Å². The standard InChI is InChI=1S/C18H24N2O5S/c1-25-16(21)11-26-10-12-3-2-4-15(9-12)20-18(24)19-14-7-5-13(6-8-14)17(22)23/h2-4,9,13-14H,5-8,10-11H2,1H3,(H,22,23)(H2,19,20,24). The van der Waals surface area contributed by atoms with Crippen LogP contribution in [0.5, 0.6) is 0 Å². The molecule has 0 saturated heterocycles. The van der Waals surface area contributed by atoms with E-state index in [4.69, 9.17) is 5.11 Å². The van der Waals surface area contributed by atoms with Gasteiger partial charge in [0, 0.05) is 17.5 Å². The zero-order valence-corrected chi connectivity index (χ0v) is 15.5. The number of nitrogens with one attached hydrogen (secondary N) is 2. The summed E-state index contributed by atoms with van der Waals surface area (Å²) in [4.78, 5) is 34.2. The molecule has 1 aromatic rings. The fourth-order valence-corrected chi connectivity index (χ4v) is 3.69. The molecule has 3 N–H and O–H groups in total. The molecule has 0 heterocycles. The first-order chi connectivity index (χ1) is 12.5. The molecule has 8 heteroatoms. The Bertz CT molecular complexity index is 644. The summed E-state index contributed by atoms with van der Waals surface area (Å²) in [6.45, 7) is 0. The Kier molecular flexibility index (Phi) is 7.77. The SMILES string of the molecule is COC(=O)CSCc1cccc(NC(=O)NC2CCC(C(=O)O)CC2)c1. The average Bonchev–Trinajstić information content (AvgIpc) is 2.62. The Morgan fingerprint density at radius 1 is 1.23 bits per heavy atom. The van der Waals surface area contributed by atoms with Gasteiger partial charge in [0.15, 0.2) is 0 Å². The molecule has 2 rings (SSSR count). The van der Waals surface area contributed by atoms with Gasteiger partial charge in [-0.2, -0.15) is 0 Å². The summed E-state index contributed by atoms with van der Waals surface area (Å²) in [6.07, 6.45) is 2.53. The van der Waals surface area contributed by atoms with Gasteiger partial charge in [0.1, 0.15) is 0 Å². The first kappa shape index (κ1) is 20.1. The highest BCUT2D eigenvalue weighted by Gasteiger charge is 2.26. The minimum absolute atomic E-state index is 0.00407. The molecule has 0 unspecified atom stereocenters. The van der Waals surface area contributed by atoms with Crippen LogP contribution in [0, 0.1) is 5.92 Å². The molecule has 0 radical (unpaired) electrons. The van der Waals surface area contributed by atoms with Crippen LogP contribution in [0.4, 0.5) is 10.5 Å². The monoisotopic (exact) mass is 380 g/mol. The lowest BCUT2D eigenvalue weighted by atomic mass is 9.86. The Hall–Kier alpha value is -2.22. The van der Waals surface area contributed by atoms with Crippen LogP contribution in [0.1, 0.15) is 31.2 Å². The number of amides is 2. The summed E-state index contributed by atoms with van der Waals surface area (Å²) in [7, 11) is 1.36. The van der Waals surface area contributed by atoms with Crippen LogP contribution in [0.2, 0.25) is 0 Å². The van der Waals surface area contributed by atoms with Crippen molar-refractivity contribution in [1.29, 1.82) is 0 Å². The molecule has 0 aromatic heterocycles. The Labute approximate surface area is 156 Å². The van der Waals surface area contributed by atoms with Crippen molar-refractivity contribution in [1.82, 2.24) is 5.32 Å². The number of benzene rings is 1. The summed E-state index contributed by atoms with van der Waals surface area (Å²) in [5.41, 5.74) is 1.68. The summed E-state index contributed by atoms with van der Waals surface area (Å²) in [6, 6.07) is 7.16. The minimum Gasteiger partial charge on any atom is -0.481 e. The number of carbonyl (C=O) groups excluding carboxylic acids is 2. The molecular weight excluding hydrogens is 356 g/mol. The van der Waals surface area contributed by atoms with E-state index in [-0.39, 0.29) is 29.7 Å². The second kappa shape index (κ2) is 10.1. The van der Waals surface area contributed by atoms with E-state index in [0.717, 1.165) is 5.56 Å². The van der Waals surface area contributed by atoms with Crippen LogP contribution in [-0.2, 0) is 20.1 Å². The molecule has 0 bridgehead atoms. The number of esters is 1. The lowest BCUT2D eigenvalue weighted by molar-refractivity contribution is -0.143. The summed E-state index contributed by atoms with van der Waals surface area (Å²) in [5, 5.41) is 14.7. The Morgan fingerprint density at radius 2 is 1.96 bits per heavy atom. The second-order valence-corrected chi connectivity index (χ2v) is 7.24. The van der Waals surface area contributed by atoms with Crippen LogP contribution in [0.3, 0.4) is 0 Å². The molecule has 1 fully saturated rings. The maximum absolute atomic E-state index is 12.1. The fourth-order valence-electron chi connectivity index (χ4n) is 2.89. The number of methoxy groups -OCH3 is 1. The molecule has 142 valence electrons. The highest BCUT2D eigenvalue weighted by molar-refractivity contribution is 7.99. The van der Waals surface area contributed by atoms with E-state index in [1.807, 2.05) is 18.2 Å². The molecular formula is C18H24N2O5S. The van der Waals surface area contributed by atoms with Gasteiger partial charge in [0.25, 0.3) is 0 Å². The first-order valence-electron chi connectivity index (χ1n) is 8.51. The third-order valence-corrected chi connectivity index (χ3v) is 5.29. The Balaban J connectivity index is 1.77. The minimum atomic E-state index is -0.755. The predicted molar refractivity (Wildman–Crippen MR) is 100 cm³/mol. The third-order valence-electron chi connectivity index (χ3n) is 4.31. The molecule has 1 aromatic carbocycles. The van der Waals surface area contributed by atoms with Crippen LogP contribution >= 0.6 is 11.8 Å². The quantitative estimate of drug-likeness (QED) is 0.628. The van der Waals surface area contributed by atoms with Crippen molar-refractivity contribution >= 4 is 35.4 Å². The topological polar surface area (TPSA) is 105 Å². The number of rotatable bonds is 7. The van der Waals surface area contributed by atoms with Crippen molar-refractivity contribution in [3.63, 3.8) is 0 Å². The number of carbonyl (C=O) groups is 3. The molecule has 1 aliphatic carbocycles. The molecule has 2 amide bonds. The summed E-state index contributed by atoms with van der Waals surface area (Å²) < 4.78 is 4.60. The lowest BCUT2D eigenvalue weighted by Gasteiger charge is -2.26. The summed E-state index contributed by atoms with van der Waals surface area (Å²) in [5.74, 6) is -0.384. The van der Waals surface area contributed by atoms with Gasteiger partial charge < -0.3 is 20.5 Å². The van der Waals surface area contributed by atoms with Crippen molar-refractivity contribution in [3.8, 4) is 0 Å². The van der Waals surface area contributed by atoms with Gasteiger partial charge in [0.2, 0.25) is 0 Å². The van der Waals surface area contributed by atoms with Gasteiger partial charge in [-0.15, -0.1) is 11.8 Å². The largest absolute Gasteiger partial charge is 0.481 e. The normalized spacial score (nSPS) is 19.4. The van der Waals surface area contributed by atoms with Crippen molar-refractivity contribution in [2.75, 3.05) is 18.2 Å². The zero-order chi connectivity index (χ0) is 18.9. The number of carboxylic acid groups (broad SMARTS) is 1. The highest BCUT2D eigenvalue weighted by atomic mass is 32.2. The second-order valence-electron chi connectivity index (χ2n) is 6.25. The Morgan fingerprint density at radius 3 is 2.62 bits per heavy atom. The highest BCUT2D eigenvalue weighted by Crippen LogP contribution is 2.24. The lowest BCUT2D eigenvalue weighted by Crippen LogP contribution is -2.40. The molecule has 1 aliphatic rings. The number of hydrogen-bond acceptors (Lipinski definition) is 5. The van der Waals surface area contributed by atoms with Gasteiger partial charge in [-0.25, -0.2) is 4.79 Å². The van der Waals surface area contributed by atoms with E-state index < -0.39 is 5.97 Å². The number of hydrogen-bond donors (Lipinski definition) is 3. The van der Waals surface area contributed by atoms with Gasteiger partial charge in [-0.3, -0.25) is 9.59 Å². The molecule has 0 spiro atoms. The molecule has 0 aliphatic heterocycles. The van der Waals surface area contributed by atoms with Crippen LogP contribution in [0.15, 0.2) is 24.3 Å². The van der Waals surface area contributed by atoms with E-state index in [1.165, 1.54) is 18.9 Å². The molecule has 0 atom stereocenters. The maximum Gasteiger partial charge on any atom is 0.319 e. The van der Waals surface area contributed by atoms with Gasteiger partial charge >= 0.3 is 18.0 Å². The third kappa shape index (κ3) is 6.59. The van der Waals surface area contributed by atoms with Crippen LogP contribution in [-0.4, -0.2) is 42.0 Å². The average molecular weight is 380 g/mol. The van der Waals surface area contributed by atoms with E-state index in [0.29, 0.717) is 37.1 Å². The smallest absolute Gasteiger partial charge is 0.319 e. The summed E-state index contributed by atoms with van der Waals surface area (Å²) >= 11 is 1.45. The van der Waals surface area contributed by atoms with E-state index >= 15 is 0 Å². The van der Waals surface area contributed by atoms with E-state index in [9.17, 15) is 14.4 Å². The number of ether oxygens (including phenoxy) is 1. The number of carboxylic acids is 1.